The highest BCUT2D eigenvalue weighted by molar-refractivity contribution is 5.80. The standard InChI is InChI=1S/C18H23N3O2/c1-12(18(22)23-3)10-21(14-8-9-14)11-17-19-13(2)15-6-4-5-7-16(15)20-17/h4-7,12,14H,8-11H2,1-3H3/t12-/m0/s1. The van der Waals surface area contributed by atoms with Crippen LogP contribution in [0.4, 0.5) is 0 Å². The number of nitrogens with zero attached hydrogens (tertiary/aromatic N) is 3. The summed E-state index contributed by atoms with van der Waals surface area (Å²) in [6.07, 6.45) is 2.36. The zero-order valence-corrected chi connectivity index (χ0v) is 14.0. The van der Waals surface area contributed by atoms with Crippen molar-refractivity contribution in [3.05, 3.63) is 35.8 Å². The molecule has 0 saturated heterocycles. The minimum absolute atomic E-state index is 0.137. The van der Waals surface area contributed by atoms with Crippen molar-refractivity contribution in [3.8, 4) is 0 Å². The molecule has 0 radical (unpaired) electrons. The van der Waals surface area contributed by atoms with Gasteiger partial charge in [0.15, 0.2) is 0 Å². The number of aromatic nitrogens is 2. The zero-order chi connectivity index (χ0) is 16.4. The largest absolute Gasteiger partial charge is 0.469 e. The van der Waals surface area contributed by atoms with E-state index in [0.29, 0.717) is 19.1 Å². The summed E-state index contributed by atoms with van der Waals surface area (Å²) in [7, 11) is 1.44. The second-order valence-corrected chi connectivity index (χ2v) is 6.33. The number of hydrogen-bond acceptors (Lipinski definition) is 5. The van der Waals surface area contributed by atoms with Gasteiger partial charge in [-0.25, -0.2) is 9.97 Å². The molecule has 0 bridgehead atoms. The summed E-state index contributed by atoms with van der Waals surface area (Å²) in [5.41, 5.74) is 1.98. The summed E-state index contributed by atoms with van der Waals surface area (Å²) in [5.74, 6) is 0.526. The molecule has 2 aromatic rings. The quantitative estimate of drug-likeness (QED) is 0.768. The third-order valence-electron chi connectivity index (χ3n) is 4.36. The minimum atomic E-state index is -0.161. The lowest BCUT2D eigenvalue weighted by Crippen LogP contribution is -2.34. The van der Waals surface area contributed by atoms with Gasteiger partial charge in [-0.1, -0.05) is 25.1 Å². The van der Waals surface area contributed by atoms with Crippen LogP contribution in [0.15, 0.2) is 24.3 Å². The first-order chi connectivity index (χ1) is 11.1. The molecule has 0 N–H and O–H groups in total. The molecular weight excluding hydrogens is 290 g/mol. The first-order valence-electron chi connectivity index (χ1n) is 8.12. The van der Waals surface area contributed by atoms with Crippen molar-refractivity contribution in [2.45, 2.75) is 39.3 Å². The number of rotatable bonds is 6. The molecule has 0 aliphatic heterocycles. The van der Waals surface area contributed by atoms with Crippen LogP contribution in [0.25, 0.3) is 10.9 Å². The Morgan fingerprint density at radius 3 is 2.78 bits per heavy atom. The van der Waals surface area contributed by atoms with Gasteiger partial charge in [0.1, 0.15) is 5.82 Å². The second-order valence-electron chi connectivity index (χ2n) is 6.33. The molecule has 1 atom stereocenters. The normalized spacial score (nSPS) is 15.8. The summed E-state index contributed by atoms with van der Waals surface area (Å²) in [4.78, 5) is 23.3. The molecule has 122 valence electrons. The van der Waals surface area contributed by atoms with Crippen molar-refractivity contribution in [1.82, 2.24) is 14.9 Å². The Morgan fingerprint density at radius 2 is 2.09 bits per heavy atom. The van der Waals surface area contributed by atoms with E-state index >= 15 is 0 Å². The SMILES string of the molecule is COC(=O)[C@@H](C)CN(Cc1nc(C)c2ccccc2n1)C1CC1. The Balaban J connectivity index is 1.79. The van der Waals surface area contributed by atoms with E-state index in [4.69, 9.17) is 4.74 Å². The molecule has 0 spiro atoms. The number of ether oxygens (including phenoxy) is 1. The number of methoxy groups -OCH3 is 1. The lowest BCUT2D eigenvalue weighted by atomic mass is 10.1. The molecule has 0 amide bonds. The van der Waals surface area contributed by atoms with E-state index in [1.54, 1.807) is 0 Å². The fourth-order valence-corrected chi connectivity index (χ4v) is 2.96. The van der Waals surface area contributed by atoms with Crippen molar-refractivity contribution in [2.24, 2.45) is 5.92 Å². The maximum Gasteiger partial charge on any atom is 0.309 e. The third kappa shape index (κ3) is 3.67. The molecule has 1 aromatic carbocycles. The van der Waals surface area contributed by atoms with E-state index in [0.717, 1.165) is 22.4 Å². The minimum Gasteiger partial charge on any atom is -0.469 e. The lowest BCUT2D eigenvalue weighted by Gasteiger charge is -2.24. The van der Waals surface area contributed by atoms with Crippen molar-refractivity contribution < 1.29 is 9.53 Å². The number of benzene rings is 1. The van der Waals surface area contributed by atoms with Crippen LogP contribution in [0.5, 0.6) is 0 Å². The summed E-state index contributed by atoms with van der Waals surface area (Å²) < 4.78 is 4.84. The second kappa shape index (κ2) is 6.62. The van der Waals surface area contributed by atoms with Crippen molar-refractivity contribution in [2.75, 3.05) is 13.7 Å². The fraction of sp³-hybridized carbons (Fsp3) is 0.500. The molecule has 1 heterocycles. The van der Waals surface area contributed by atoms with E-state index in [9.17, 15) is 4.79 Å². The van der Waals surface area contributed by atoms with Crippen LogP contribution in [-0.4, -0.2) is 40.5 Å². The van der Waals surface area contributed by atoms with E-state index in [1.165, 1.54) is 20.0 Å². The molecular formula is C18H23N3O2. The topological polar surface area (TPSA) is 55.3 Å². The summed E-state index contributed by atoms with van der Waals surface area (Å²) in [6, 6.07) is 8.61. The number of carbonyl (C=O) groups is 1. The highest BCUT2D eigenvalue weighted by atomic mass is 16.5. The van der Waals surface area contributed by atoms with Crippen LogP contribution >= 0.6 is 0 Å². The fourth-order valence-electron chi connectivity index (χ4n) is 2.96. The average Bonchev–Trinajstić information content (AvgIpc) is 3.38. The van der Waals surface area contributed by atoms with Gasteiger partial charge in [0.2, 0.25) is 0 Å². The van der Waals surface area contributed by atoms with Crippen LogP contribution in [-0.2, 0) is 16.1 Å². The van der Waals surface area contributed by atoms with Gasteiger partial charge in [-0.15, -0.1) is 0 Å². The van der Waals surface area contributed by atoms with Gasteiger partial charge in [-0.2, -0.15) is 0 Å². The number of hydrogen-bond donors (Lipinski definition) is 0. The van der Waals surface area contributed by atoms with Gasteiger partial charge in [0, 0.05) is 23.7 Å². The molecule has 5 heteroatoms. The van der Waals surface area contributed by atoms with Crippen molar-refractivity contribution in [3.63, 3.8) is 0 Å². The van der Waals surface area contributed by atoms with Crippen LogP contribution in [0, 0.1) is 12.8 Å². The summed E-state index contributed by atoms with van der Waals surface area (Å²) in [5, 5.41) is 1.09. The molecule has 1 aromatic heterocycles. The van der Waals surface area contributed by atoms with E-state index in [-0.39, 0.29) is 11.9 Å². The Kier molecular flexibility index (Phi) is 4.57. The third-order valence-corrected chi connectivity index (χ3v) is 4.36. The maximum atomic E-state index is 11.7. The zero-order valence-electron chi connectivity index (χ0n) is 14.0. The number of esters is 1. The van der Waals surface area contributed by atoms with Crippen LogP contribution in [0.1, 0.15) is 31.3 Å². The molecule has 3 rings (SSSR count). The first kappa shape index (κ1) is 15.9. The molecule has 1 fully saturated rings. The predicted octanol–water partition coefficient (Wildman–Crippen LogP) is 2.71. The predicted molar refractivity (Wildman–Crippen MR) is 88.9 cm³/mol. The molecule has 23 heavy (non-hydrogen) atoms. The Morgan fingerprint density at radius 1 is 1.35 bits per heavy atom. The highest BCUT2D eigenvalue weighted by Crippen LogP contribution is 2.29. The van der Waals surface area contributed by atoms with E-state index in [2.05, 4.69) is 14.9 Å². The van der Waals surface area contributed by atoms with Crippen LogP contribution in [0.3, 0.4) is 0 Å². The van der Waals surface area contributed by atoms with Crippen LogP contribution in [0.2, 0.25) is 0 Å². The van der Waals surface area contributed by atoms with Gasteiger partial charge in [-0.3, -0.25) is 9.69 Å². The Labute approximate surface area is 136 Å². The van der Waals surface area contributed by atoms with Crippen molar-refractivity contribution in [1.29, 1.82) is 0 Å². The first-order valence-corrected chi connectivity index (χ1v) is 8.12. The monoisotopic (exact) mass is 313 g/mol. The lowest BCUT2D eigenvalue weighted by molar-refractivity contribution is -0.145. The smallest absolute Gasteiger partial charge is 0.309 e. The van der Waals surface area contributed by atoms with E-state index < -0.39 is 0 Å². The molecule has 1 aliphatic carbocycles. The highest BCUT2D eigenvalue weighted by Gasteiger charge is 2.32. The Bertz CT molecular complexity index is 712. The maximum absolute atomic E-state index is 11.7. The van der Waals surface area contributed by atoms with Crippen molar-refractivity contribution >= 4 is 16.9 Å². The number of para-hydroxylation sites is 1. The van der Waals surface area contributed by atoms with E-state index in [1.807, 2.05) is 38.1 Å². The van der Waals surface area contributed by atoms with Gasteiger partial charge >= 0.3 is 5.97 Å². The van der Waals surface area contributed by atoms with Gasteiger partial charge in [-0.05, 0) is 25.8 Å². The summed E-state index contributed by atoms with van der Waals surface area (Å²) >= 11 is 0. The number of carbonyl (C=O) groups excluding carboxylic acids is 1. The van der Waals surface area contributed by atoms with Gasteiger partial charge in [0.05, 0.1) is 25.1 Å². The number of fused-ring (bicyclic) bond motifs is 1. The van der Waals surface area contributed by atoms with Crippen LogP contribution < -0.4 is 0 Å². The average molecular weight is 313 g/mol. The number of aryl methyl sites for hydroxylation is 1. The molecule has 1 saturated carbocycles. The Hall–Kier alpha value is -2.01. The molecule has 5 nitrogen and oxygen atoms in total. The van der Waals surface area contributed by atoms with Gasteiger partial charge < -0.3 is 4.74 Å². The molecule has 1 aliphatic rings. The summed E-state index contributed by atoms with van der Waals surface area (Å²) in [6.45, 7) is 5.30. The molecule has 0 unspecified atom stereocenters. The van der Waals surface area contributed by atoms with Gasteiger partial charge in [0.25, 0.3) is 0 Å².